The molecular weight excluding hydrogens is 316 g/mol. The lowest BCUT2D eigenvalue weighted by molar-refractivity contribution is 0.219. The first kappa shape index (κ1) is 15.1. The van der Waals surface area contributed by atoms with Crippen molar-refractivity contribution in [1.82, 2.24) is 0 Å². The van der Waals surface area contributed by atoms with Crippen molar-refractivity contribution in [2.45, 2.75) is 26.4 Å². The number of aryl methyl sites for hydroxylation is 1. The van der Waals surface area contributed by atoms with Crippen LogP contribution in [0.2, 0.25) is 0 Å². The van der Waals surface area contributed by atoms with Gasteiger partial charge in [-0.25, -0.2) is 0 Å². The van der Waals surface area contributed by atoms with Crippen LogP contribution in [0.5, 0.6) is 5.75 Å². The summed E-state index contributed by atoms with van der Waals surface area (Å²) in [4.78, 5) is 0. The molecule has 2 aromatic carbocycles. The number of ether oxygens (including phenoxy) is 1. The Labute approximate surface area is 128 Å². The van der Waals surface area contributed by atoms with Crippen LogP contribution in [0.1, 0.15) is 36.1 Å². The summed E-state index contributed by atoms with van der Waals surface area (Å²) >= 11 is 3.51. The Bertz CT molecular complexity index is 564. The molecule has 106 valence electrons. The Morgan fingerprint density at radius 3 is 2.45 bits per heavy atom. The van der Waals surface area contributed by atoms with Crippen LogP contribution in [-0.2, 0) is 0 Å². The van der Waals surface area contributed by atoms with Crippen LogP contribution in [0.25, 0.3) is 0 Å². The minimum Gasteiger partial charge on any atom is -0.494 e. The fraction of sp³-hybridized carbons (Fsp3) is 0.294. The number of halogens is 1. The standard InChI is InChI=1S/C17H19BrO2/c1-3-10-20-14-7-5-13(6-8-14)17(19)15-9-4-12(2)11-16(15)18/h4-9,11,17,19H,3,10H2,1-2H3. The molecule has 0 spiro atoms. The molecule has 0 aromatic heterocycles. The molecule has 0 aliphatic heterocycles. The van der Waals surface area contributed by atoms with Gasteiger partial charge in [0.1, 0.15) is 11.9 Å². The second-order valence-electron chi connectivity index (χ2n) is 4.85. The van der Waals surface area contributed by atoms with E-state index in [9.17, 15) is 5.11 Å². The van der Waals surface area contributed by atoms with Gasteiger partial charge in [-0.05, 0) is 48.2 Å². The minimum absolute atomic E-state index is 0.634. The third kappa shape index (κ3) is 3.62. The molecule has 1 N–H and O–H groups in total. The van der Waals surface area contributed by atoms with Crippen LogP contribution in [-0.4, -0.2) is 11.7 Å². The van der Waals surface area contributed by atoms with E-state index in [1.807, 2.05) is 49.4 Å². The van der Waals surface area contributed by atoms with E-state index in [1.165, 1.54) is 0 Å². The summed E-state index contributed by atoms with van der Waals surface area (Å²) in [7, 11) is 0. The summed E-state index contributed by atoms with van der Waals surface area (Å²) in [5, 5.41) is 10.5. The Morgan fingerprint density at radius 2 is 1.85 bits per heavy atom. The average Bonchev–Trinajstić information content (AvgIpc) is 2.45. The summed E-state index contributed by atoms with van der Waals surface area (Å²) in [6, 6.07) is 13.6. The molecule has 2 aromatic rings. The Hall–Kier alpha value is -1.32. The van der Waals surface area contributed by atoms with Crippen molar-refractivity contribution in [3.8, 4) is 5.75 Å². The van der Waals surface area contributed by atoms with Crippen LogP contribution in [0.4, 0.5) is 0 Å². The third-order valence-electron chi connectivity index (χ3n) is 3.12. The summed E-state index contributed by atoms with van der Waals surface area (Å²) in [6.45, 7) is 4.82. The van der Waals surface area contributed by atoms with Gasteiger partial charge >= 0.3 is 0 Å². The average molecular weight is 335 g/mol. The molecule has 1 unspecified atom stereocenters. The van der Waals surface area contributed by atoms with Crippen molar-refractivity contribution in [2.75, 3.05) is 6.61 Å². The van der Waals surface area contributed by atoms with Crippen molar-refractivity contribution in [1.29, 1.82) is 0 Å². The summed E-state index contributed by atoms with van der Waals surface area (Å²) in [6.07, 6.45) is 0.353. The van der Waals surface area contributed by atoms with Gasteiger partial charge in [0.2, 0.25) is 0 Å². The topological polar surface area (TPSA) is 29.5 Å². The molecule has 0 heterocycles. The van der Waals surface area contributed by atoms with Crippen LogP contribution in [0, 0.1) is 6.92 Å². The van der Waals surface area contributed by atoms with Crippen LogP contribution < -0.4 is 4.74 Å². The third-order valence-corrected chi connectivity index (χ3v) is 3.81. The largest absolute Gasteiger partial charge is 0.494 e. The highest BCUT2D eigenvalue weighted by Crippen LogP contribution is 2.30. The summed E-state index contributed by atoms with van der Waals surface area (Å²) < 4.78 is 6.47. The molecule has 0 radical (unpaired) electrons. The zero-order valence-electron chi connectivity index (χ0n) is 11.8. The molecule has 3 heteroatoms. The van der Waals surface area contributed by atoms with E-state index in [2.05, 4.69) is 22.9 Å². The highest BCUT2D eigenvalue weighted by atomic mass is 79.9. The van der Waals surface area contributed by atoms with Crippen molar-refractivity contribution >= 4 is 15.9 Å². The highest BCUT2D eigenvalue weighted by Gasteiger charge is 2.13. The van der Waals surface area contributed by atoms with Gasteiger partial charge in [-0.15, -0.1) is 0 Å². The maximum absolute atomic E-state index is 10.5. The lowest BCUT2D eigenvalue weighted by Crippen LogP contribution is -2.01. The molecule has 2 nitrogen and oxygen atoms in total. The van der Waals surface area contributed by atoms with Gasteiger partial charge in [-0.2, -0.15) is 0 Å². The van der Waals surface area contributed by atoms with E-state index < -0.39 is 6.10 Å². The van der Waals surface area contributed by atoms with E-state index in [-0.39, 0.29) is 0 Å². The van der Waals surface area contributed by atoms with Crippen molar-refractivity contribution < 1.29 is 9.84 Å². The van der Waals surface area contributed by atoms with E-state index in [1.54, 1.807) is 0 Å². The predicted molar refractivity (Wildman–Crippen MR) is 85.2 cm³/mol. The Morgan fingerprint density at radius 1 is 1.15 bits per heavy atom. The van der Waals surface area contributed by atoms with Crippen LogP contribution in [0.3, 0.4) is 0 Å². The molecular formula is C17H19BrO2. The number of rotatable bonds is 5. The van der Waals surface area contributed by atoms with Gasteiger partial charge < -0.3 is 9.84 Å². The Balaban J connectivity index is 2.18. The maximum atomic E-state index is 10.5. The van der Waals surface area contributed by atoms with Crippen molar-refractivity contribution in [3.63, 3.8) is 0 Å². The molecule has 0 aliphatic rings. The van der Waals surface area contributed by atoms with Crippen LogP contribution in [0.15, 0.2) is 46.9 Å². The zero-order chi connectivity index (χ0) is 14.5. The maximum Gasteiger partial charge on any atom is 0.119 e. The summed E-state index contributed by atoms with van der Waals surface area (Å²) in [5.41, 5.74) is 2.90. The molecule has 2 rings (SSSR count). The van der Waals surface area contributed by atoms with Gasteiger partial charge in [-0.3, -0.25) is 0 Å². The molecule has 20 heavy (non-hydrogen) atoms. The first-order valence-corrected chi connectivity index (χ1v) is 7.58. The van der Waals surface area contributed by atoms with Gasteiger partial charge in [0.15, 0.2) is 0 Å². The smallest absolute Gasteiger partial charge is 0.119 e. The molecule has 0 saturated heterocycles. The fourth-order valence-electron chi connectivity index (χ4n) is 2.00. The molecule has 1 atom stereocenters. The van der Waals surface area contributed by atoms with Gasteiger partial charge in [0, 0.05) is 4.47 Å². The quantitative estimate of drug-likeness (QED) is 0.863. The highest BCUT2D eigenvalue weighted by molar-refractivity contribution is 9.10. The van der Waals surface area contributed by atoms with E-state index >= 15 is 0 Å². The number of aliphatic hydroxyl groups is 1. The van der Waals surface area contributed by atoms with Gasteiger partial charge in [0.05, 0.1) is 6.61 Å². The number of benzene rings is 2. The van der Waals surface area contributed by atoms with Gasteiger partial charge in [-0.1, -0.05) is 47.1 Å². The van der Waals surface area contributed by atoms with Crippen LogP contribution >= 0.6 is 15.9 Å². The predicted octanol–water partition coefficient (Wildman–Crippen LogP) is 4.63. The van der Waals surface area contributed by atoms with E-state index in [0.717, 1.165) is 33.3 Å². The van der Waals surface area contributed by atoms with Gasteiger partial charge in [0.25, 0.3) is 0 Å². The molecule has 0 fully saturated rings. The summed E-state index contributed by atoms with van der Waals surface area (Å²) in [5.74, 6) is 0.839. The first-order valence-electron chi connectivity index (χ1n) is 6.78. The van der Waals surface area contributed by atoms with E-state index in [0.29, 0.717) is 6.61 Å². The number of hydrogen-bond acceptors (Lipinski definition) is 2. The fourth-order valence-corrected chi connectivity index (χ4v) is 2.71. The zero-order valence-corrected chi connectivity index (χ0v) is 13.4. The Kier molecular flexibility index (Phi) is 5.21. The monoisotopic (exact) mass is 334 g/mol. The normalized spacial score (nSPS) is 12.2. The van der Waals surface area contributed by atoms with Crippen molar-refractivity contribution in [3.05, 3.63) is 63.6 Å². The minimum atomic E-state index is -0.634. The second-order valence-corrected chi connectivity index (χ2v) is 5.70. The number of hydrogen-bond donors (Lipinski definition) is 1. The molecule has 0 amide bonds. The molecule has 0 aliphatic carbocycles. The van der Waals surface area contributed by atoms with Crippen molar-refractivity contribution in [2.24, 2.45) is 0 Å². The van der Waals surface area contributed by atoms with E-state index in [4.69, 9.17) is 4.74 Å². The second kappa shape index (κ2) is 6.91. The lowest BCUT2D eigenvalue weighted by atomic mass is 10.0. The first-order chi connectivity index (χ1) is 9.61. The molecule has 0 saturated carbocycles. The lowest BCUT2D eigenvalue weighted by Gasteiger charge is -2.14. The molecule has 0 bridgehead atoms. The SMILES string of the molecule is CCCOc1ccc(C(O)c2ccc(C)cc2Br)cc1. The number of aliphatic hydroxyl groups excluding tert-OH is 1.